The molecular weight excluding hydrogens is 356 g/mol. The highest BCUT2D eigenvalue weighted by atomic mass is 79.9. The van der Waals surface area contributed by atoms with Gasteiger partial charge < -0.3 is 0 Å². The molecule has 5 heteroatoms. The molecule has 2 bridgehead atoms. The third-order valence-electron chi connectivity index (χ3n) is 6.58. The van der Waals surface area contributed by atoms with E-state index in [1.165, 1.54) is 0 Å². The highest BCUT2D eigenvalue weighted by Gasteiger charge is 2.80. The van der Waals surface area contributed by atoms with Crippen LogP contribution in [0.3, 0.4) is 0 Å². The van der Waals surface area contributed by atoms with Gasteiger partial charge >= 0.3 is 0 Å². The second kappa shape index (κ2) is 5.07. The Hall–Kier alpha value is -1.36. The Kier molecular flexibility index (Phi) is 3.63. The Morgan fingerprint density at radius 2 is 1.70 bits per heavy atom. The smallest absolute Gasteiger partial charge is 0.269 e. The van der Waals surface area contributed by atoms with Crippen molar-refractivity contribution in [3.05, 3.63) is 35.4 Å². The number of alkyl halides is 1. The summed E-state index contributed by atoms with van der Waals surface area (Å²) in [7, 11) is 0. The van der Waals surface area contributed by atoms with Gasteiger partial charge in [-0.25, -0.2) is 0 Å². The van der Waals surface area contributed by atoms with Gasteiger partial charge in [0.2, 0.25) is 5.91 Å². The summed E-state index contributed by atoms with van der Waals surface area (Å²) in [5, 5.41) is 0. The van der Waals surface area contributed by atoms with Crippen LogP contribution in [0, 0.1) is 23.2 Å². The maximum atomic E-state index is 12.8. The van der Waals surface area contributed by atoms with Crippen LogP contribution in [0.25, 0.3) is 0 Å². The zero-order chi connectivity index (χ0) is 17.0. The van der Waals surface area contributed by atoms with Gasteiger partial charge in [0.05, 0.1) is 5.41 Å². The quantitative estimate of drug-likeness (QED) is 0.612. The predicted molar refractivity (Wildman–Crippen MR) is 93.1 cm³/mol. The number of rotatable bonds is 2. The molecule has 1 aromatic carbocycles. The first-order valence-electron chi connectivity index (χ1n) is 7.98. The lowest BCUT2D eigenvalue weighted by molar-refractivity contribution is -0.162. The van der Waals surface area contributed by atoms with Gasteiger partial charge in [-0.1, -0.05) is 54.4 Å². The first kappa shape index (κ1) is 16.5. The second-order valence-corrected chi connectivity index (χ2v) is 8.57. The first-order chi connectivity index (χ1) is 10.7. The molecule has 4 rings (SSSR count). The summed E-state index contributed by atoms with van der Waals surface area (Å²) < 4.78 is 0. The Bertz CT molecular complexity index is 670. The van der Waals surface area contributed by atoms with Crippen molar-refractivity contribution >= 4 is 27.7 Å². The number of nitrogens with one attached hydrogen (secondary N) is 2. The Morgan fingerprint density at radius 3 is 2.17 bits per heavy atom. The molecule has 3 fully saturated rings. The SMILES string of the molecule is Cc1ccc(C(=O)NNC(=O)C23CCC(C)(C2Br)C3(C)C)cc1. The van der Waals surface area contributed by atoms with E-state index in [9.17, 15) is 9.59 Å². The molecule has 3 aliphatic carbocycles. The molecule has 3 aliphatic rings. The molecule has 0 aromatic heterocycles. The summed E-state index contributed by atoms with van der Waals surface area (Å²) in [5.74, 6) is -0.390. The number of carbonyl (C=O) groups is 2. The minimum atomic E-state index is -0.456. The third-order valence-corrected chi connectivity index (χ3v) is 8.37. The molecule has 3 saturated carbocycles. The van der Waals surface area contributed by atoms with Gasteiger partial charge in [-0.15, -0.1) is 0 Å². The van der Waals surface area contributed by atoms with Crippen LogP contribution in [0.2, 0.25) is 0 Å². The van der Waals surface area contributed by atoms with Crippen molar-refractivity contribution in [1.82, 2.24) is 10.9 Å². The average Bonchev–Trinajstić information content (AvgIpc) is 2.92. The van der Waals surface area contributed by atoms with E-state index in [2.05, 4.69) is 47.6 Å². The maximum absolute atomic E-state index is 12.8. The van der Waals surface area contributed by atoms with E-state index in [4.69, 9.17) is 0 Å². The van der Waals surface area contributed by atoms with Crippen molar-refractivity contribution in [3.8, 4) is 0 Å². The topological polar surface area (TPSA) is 58.2 Å². The van der Waals surface area contributed by atoms with Crippen LogP contribution in [-0.4, -0.2) is 16.6 Å². The number of hydrogen-bond acceptors (Lipinski definition) is 2. The fraction of sp³-hybridized carbons (Fsp3) is 0.556. The van der Waals surface area contributed by atoms with Gasteiger partial charge in [-0.2, -0.15) is 0 Å². The minimum Gasteiger partial charge on any atom is -0.273 e. The molecule has 2 amide bonds. The fourth-order valence-corrected chi connectivity index (χ4v) is 6.27. The van der Waals surface area contributed by atoms with Crippen LogP contribution in [0.15, 0.2) is 24.3 Å². The molecule has 0 radical (unpaired) electrons. The van der Waals surface area contributed by atoms with E-state index in [1.54, 1.807) is 12.1 Å². The van der Waals surface area contributed by atoms with Crippen molar-refractivity contribution in [2.45, 2.75) is 45.4 Å². The van der Waals surface area contributed by atoms with Gasteiger partial charge in [0.25, 0.3) is 5.91 Å². The van der Waals surface area contributed by atoms with Crippen molar-refractivity contribution in [2.24, 2.45) is 16.2 Å². The molecule has 3 atom stereocenters. The average molecular weight is 379 g/mol. The molecule has 2 N–H and O–H groups in total. The molecule has 0 spiro atoms. The Balaban J connectivity index is 1.69. The van der Waals surface area contributed by atoms with Crippen LogP contribution in [0.1, 0.15) is 49.5 Å². The Labute approximate surface area is 145 Å². The maximum Gasteiger partial charge on any atom is 0.269 e. The predicted octanol–water partition coefficient (Wildman–Crippen LogP) is 3.35. The van der Waals surface area contributed by atoms with E-state index in [-0.39, 0.29) is 27.5 Å². The minimum absolute atomic E-state index is 0.0904. The monoisotopic (exact) mass is 378 g/mol. The van der Waals surface area contributed by atoms with Gasteiger partial charge in [0, 0.05) is 10.4 Å². The molecule has 124 valence electrons. The van der Waals surface area contributed by atoms with Gasteiger partial charge in [0.1, 0.15) is 0 Å². The Morgan fingerprint density at radius 1 is 1.09 bits per heavy atom. The van der Waals surface area contributed by atoms with E-state index in [0.717, 1.165) is 18.4 Å². The fourth-order valence-electron chi connectivity index (χ4n) is 4.46. The van der Waals surface area contributed by atoms with Gasteiger partial charge in [-0.05, 0) is 42.7 Å². The van der Waals surface area contributed by atoms with Gasteiger partial charge in [0.15, 0.2) is 0 Å². The molecular formula is C18H23BrN2O2. The number of aryl methyl sites for hydroxylation is 1. The van der Waals surface area contributed by atoms with E-state index < -0.39 is 5.41 Å². The number of carbonyl (C=O) groups excluding carboxylic acids is 2. The molecule has 0 aliphatic heterocycles. The largest absolute Gasteiger partial charge is 0.273 e. The lowest BCUT2D eigenvalue weighted by Crippen LogP contribution is -2.70. The summed E-state index contributed by atoms with van der Waals surface area (Å²) in [6.07, 6.45) is 1.87. The summed E-state index contributed by atoms with van der Waals surface area (Å²) in [5.41, 5.74) is 6.42. The standard InChI is InChI=1S/C18H23BrN2O2/c1-11-5-7-12(8-6-11)13(22)20-21-15(23)18-10-9-17(4,14(18)19)16(18,2)3/h5-8,14H,9-10H2,1-4H3,(H,20,22)(H,21,23). The van der Waals surface area contributed by atoms with Crippen LogP contribution in [-0.2, 0) is 4.79 Å². The van der Waals surface area contributed by atoms with Crippen LogP contribution < -0.4 is 10.9 Å². The number of halogens is 1. The molecule has 0 saturated heterocycles. The molecule has 23 heavy (non-hydrogen) atoms. The van der Waals surface area contributed by atoms with Gasteiger partial charge in [-0.3, -0.25) is 20.4 Å². The molecule has 1 aromatic rings. The van der Waals surface area contributed by atoms with Crippen LogP contribution in [0.4, 0.5) is 0 Å². The summed E-state index contributed by atoms with van der Waals surface area (Å²) in [4.78, 5) is 25.1. The lowest BCUT2D eigenvalue weighted by atomic mass is 9.43. The second-order valence-electron chi connectivity index (χ2n) is 7.65. The summed E-state index contributed by atoms with van der Waals surface area (Å²) in [6, 6.07) is 7.26. The van der Waals surface area contributed by atoms with Crippen molar-refractivity contribution in [1.29, 1.82) is 0 Å². The number of hydrogen-bond donors (Lipinski definition) is 2. The zero-order valence-electron chi connectivity index (χ0n) is 14.0. The highest BCUT2D eigenvalue weighted by molar-refractivity contribution is 9.09. The highest BCUT2D eigenvalue weighted by Crippen LogP contribution is 2.79. The molecule has 3 unspecified atom stereocenters. The van der Waals surface area contributed by atoms with E-state index in [1.807, 2.05) is 19.1 Å². The summed E-state index contributed by atoms with van der Waals surface area (Å²) >= 11 is 3.73. The van der Waals surface area contributed by atoms with E-state index in [0.29, 0.717) is 5.56 Å². The van der Waals surface area contributed by atoms with E-state index >= 15 is 0 Å². The number of fused-ring (bicyclic) bond motifs is 1. The normalized spacial score (nSPS) is 33.7. The van der Waals surface area contributed by atoms with Crippen LogP contribution in [0.5, 0.6) is 0 Å². The lowest BCUT2D eigenvalue weighted by Gasteiger charge is -2.64. The number of hydrazine groups is 1. The molecule has 4 nitrogen and oxygen atoms in total. The first-order valence-corrected chi connectivity index (χ1v) is 8.90. The van der Waals surface area contributed by atoms with Crippen molar-refractivity contribution < 1.29 is 9.59 Å². The van der Waals surface area contributed by atoms with Crippen molar-refractivity contribution in [2.75, 3.05) is 0 Å². The third kappa shape index (κ3) is 1.95. The summed E-state index contributed by atoms with van der Waals surface area (Å²) in [6.45, 7) is 8.50. The van der Waals surface area contributed by atoms with Crippen molar-refractivity contribution in [3.63, 3.8) is 0 Å². The molecule has 0 heterocycles. The zero-order valence-corrected chi connectivity index (χ0v) is 15.6. The number of amides is 2. The number of benzene rings is 1. The van der Waals surface area contributed by atoms with Crippen LogP contribution >= 0.6 is 15.9 Å².